The number of amides is 2. The molecule has 8 nitrogen and oxygen atoms in total. The van der Waals surface area contributed by atoms with Gasteiger partial charge in [0, 0.05) is 30.4 Å². The van der Waals surface area contributed by atoms with Crippen LogP contribution >= 0.6 is 0 Å². The number of carbonyl (C=O) groups is 2. The summed E-state index contributed by atoms with van der Waals surface area (Å²) in [4.78, 5) is 23.5. The Morgan fingerprint density at radius 2 is 1.44 bits per heavy atom. The third-order valence-corrected chi connectivity index (χ3v) is 5.89. The fourth-order valence-corrected chi connectivity index (χ4v) is 3.91. The van der Waals surface area contributed by atoms with Crippen LogP contribution in [-0.2, 0) is 21.4 Å². The molecule has 0 aromatic heterocycles. The van der Waals surface area contributed by atoms with E-state index in [0.717, 1.165) is 5.56 Å². The molecule has 9 heteroatoms. The van der Waals surface area contributed by atoms with E-state index in [0.29, 0.717) is 22.7 Å². The zero-order valence-electron chi connectivity index (χ0n) is 17.6. The zero-order chi connectivity index (χ0) is 23.1. The largest absolute Gasteiger partial charge is 0.497 e. The molecule has 3 aromatic rings. The van der Waals surface area contributed by atoms with E-state index < -0.39 is 10.0 Å². The minimum atomic E-state index is -3.80. The Morgan fingerprint density at radius 3 is 2.00 bits per heavy atom. The van der Waals surface area contributed by atoms with Gasteiger partial charge < -0.3 is 15.4 Å². The summed E-state index contributed by atoms with van der Waals surface area (Å²) in [6.45, 7) is 1.72. The van der Waals surface area contributed by atoms with Gasteiger partial charge in [0.1, 0.15) is 5.75 Å². The van der Waals surface area contributed by atoms with E-state index in [2.05, 4.69) is 15.4 Å². The molecule has 0 aliphatic heterocycles. The van der Waals surface area contributed by atoms with Gasteiger partial charge in [0.15, 0.2) is 0 Å². The van der Waals surface area contributed by atoms with Gasteiger partial charge in [-0.15, -0.1) is 0 Å². The highest BCUT2D eigenvalue weighted by molar-refractivity contribution is 7.92. The van der Waals surface area contributed by atoms with Crippen LogP contribution in [0.5, 0.6) is 5.75 Å². The average molecular weight is 454 g/mol. The molecule has 0 fully saturated rings. The van der Waals surface area contributed by atoms with E-state index >= 15 is 0 Å². The lowest BCUT2D eigenvalue weighted by Gasteiger charge is -2.10. The lowest BCUT2D eigenvalue weighted by atomic mass is 10.2. The Morgan fingerprint density at radius 1 is 0.844 bits per heavy atom. The maximum absolute atomic E-state index is 12.6. The van der Waals surface area contributed by atoms with Gasteiger partial charge in [0.25, 0.3) is 15.9 Å². The summed E-state index contributed by atoms with van der Waals surface area (Å²) < 4.78 is 32.7. The van der Waals surface area contributed by atoms with Crippen LogP contribution in [0.25, 0.3) is 0 Å². The molecule has 0 atom stereocenters. The molecule has 0 bridgehead atoms. The van der Waals surface area contributed by atoms with Gasteiger partial charge in [-0.05, 0) is 66.2 Å². The quantitative estimate of drug-likeness (QED) is 0.484. The predicted molar refractivity (Wildman–Crippen MR) is 122 cm³/mol. The van der Waals surface area contributed by atoms with Crippen LogP contribution in [0.2, 0.25) is 0 Å². The van der Waals surface area contributed by atoms with Crippen molar-refractivity contribution in [2.45, 2.75) is 18.4 Å². The van der Waals surface area contributed by atoms with Crippen molar-refractivity contribution in [1.82, 2.24) is 5.32 Å². The van der Waals surface area contributed by atoms with Gasteiger partial charge in [-0.2, -0.15) is 0 Å². The molecular formula is C23H23N3O5S. The van der Waals surface area contributed by atoms with Gasteiger partial charge in [0.2, 0.25) is 5.91 Å². The van der Waals surface area contributed by atoms with Crippen molar-refractivity contribution in [3.63, 3.8) is 0 Å². The lowest BCUT2D eigenvalue weighted by molar-refractivity contribution is -0.114. The molecule has 3 rings (SSSR count). The minimum absolute atomic E-state index is 0.0402. The number of methoxy groups -OCH3 is 1. The van der Waals surface area contributed by atoms with Crippen molar-refractivity contribution in [2.75, 3.05) is 17.1 Å². The maximum atomic E-state index is 12.6. The molecule has 2 amide bonds. The van der Waals surface area contributed by atoms with Gasteiger partial charge in [-0.25, -0.2) is 8.42 Å². The molecule has 0 saturated carbocycles. The second-order valence-corrected chi connectivity index (χ2v) is 8.60. The Kier molecular flexibility index (Phi) is 7.11. The van der Waals surface area contributed by atoms with E-state index in [1.54, 1.807) is 48.5 Å². The number of ether oxygens (including phenoxy) is 1. The van der Waals surface area contributed by atoms with Crippen LogP contribution in [0.1, 0.15) is 22.8 Å². The molecule has 0 saturated heterocycles. The third-order valence-electron chi connectivity index (χ3n) is 4.50. The number of benzene rings is 3. The maximum Gasteiger partial charge on any atom is 0.261 e. The Hall–Kier alpha value is -3.85. The number of hydrogen-bond donors (Lipinski definition) is 3. The number of sulfonamides is 1. The average Bonchev–Trinajstić information content (AvgIpc) is 2.78. The molecule has 0 aliphatic carbocycles. The first-order valence-corrected chi connectivity index (χ1v) is 11.2. The lowest BCUT2D eigenvalue weighted by Crippen LogP contribution is -2.23. The van der Waals surface area contributed by atoms with Crippen molar-refractivity contribution < 1.29 is 22.7 Å². The van der Waals surface area contributed by atoms with Gasteiger partial charge >= 0.3 is 0 Å². The molecule has 3 aromatic carbocycles. The second kappa shape index (κ2) is 9.97. The topological polar surface area (TPSA) is 114 Å². The minimum Gasteiger partial charge on any atom is -0.497 e. The van der Waals surface area contributed by atoms with Crippen LogP contribution in [0.3, 0.4) is 0 Å². The molecule has 3 N–H and O–H groups in total. The highest BCUT2D eigenvalue weighted by Crippen LogP contribution is 2.19. The van der Waals surface area contributed by atoms with E-state index in [9.17, 15) is 18.0 Å². The van der Waals surface area contributed by atoms with E-state index in [4.69, 9.17) is 4.74 Å². The first kappa shape index (κ1) is 22.8. The van der Waals surface area contributed by atoms with E-state index in [1.807, 2.05) is 0 Å². The van der Waals surface area contributed by atoms with Crippen molar-refractivity contribution >= 4 is 33.2 Å². The Balaban J connectivity index is 1.60. The standard InChI is InChI=1S/C23H23N3O5S/c1-16(27)25-19-7-3-17(4-8-19)15-24-23(28)18-5-13-22(14-6-18)32(29,30)26-20-9-11-21(31-2)12-10-20/h3-14,26H,15H2,1-2H3,(H,24,28)(H,25,27). The zero-order valence-corrected chi connectivity index (χ0v) is 18.4. The van der Waals surface area contributed by atoms with Crippen LogP contribution in [0.15, 0.2) is 77.7 Å². The molecular weight excluding hydrogens is 430 g/mol. The highest BCUT2D eigenvalue weighted by atomic mass is 32.2. The summed E-state index contributed by atoms with van der Waals surface area (Å²) in [5, 5.41) is 5.46. The van der Waals surface area contributed by atoms with Gasteiger partial charge in [0.05, 0.1) is 12.0 Å². The van der Waals surface area contributed by atoms with Crippen LogP contribution < -0.4 is 20.1 Å². The molecule has 32 heavy (non-hydrogen) atoms. The van der Waals surface area contributed by atoms with Crippen LogP contribution in [-0.4, -0.2) is 27.3 Å². The van der Waals surface area contributed by atoms with Crippen LogP contribution in [0, 0.1) is 0 Å². The van der Waals surface area contributed by atoms with E-state index in [-0.39, 0.29) is 23.3 Å². The smallest absolute Gasteiger partial charge is 0.261 e. The molecule has 166 valence electrons. The molecule has 0 spiro atoms. The summed E-state index contributed by atoms with van der Waals surface area (Å²) >= 11 is 0. The van der Waals surface area contributed by atoms with Crippen molar-refractivity contribution in [3.8, 4) is 5.75 Å². The number of hydrogen-bond acceptors (Lipinski definition) is 5. The molecule has 0 radical (unpaired) electrons. The number of anilines is 2. The van der Waals surface area contributed by atoms with Gasteiger partial charge in [-0.3, -0.25) is 14.3 Å². The number of rotatable bonds is 8. The summed E-state index contributed by atoms with van der Waals surface area (Å²) in [5.41, 5.74) is 2.27. The van der Waals surface area contributed by atoms with Gasteiger partial charge in [-0.1, -0.05) is 12.1 Å². The number of carbonyl (C=O) groups excluding carboxylic acids is 2. The van der Waals surface area contributed by atoms with Crippen molar-refractivity contribution in [2.24, 2.45) is 0 Å². The van der Waals surface area contributed by atoms with Crippen molar-refractivity contribution in [1.29, 1.82) is 0 Å². The molecule has 0 heterocycles. The summed E-state index contributed by atoms with van der Waals surface area (Å²) in [6.07, 6.45) is 0. The van der Waals surface area contributed by atoms with E-state index in [1.165, 1.54) is 38.3 Å². The summed E-state index contributed by atoms with van der Waals surface area (Å²) in [6, 6.07) is 19.3. The monoisotopic (exact) mass is 453 g/mol. The molecule has 0 aliphatic rings. The first-order chi connectivity index (χ1) is 15.3. The predicted octanol–water partition coefficient (Wildman–Crippen LogP) is 3.38. The number of nitrogens with one attached hydrogen (secondary N) is 3. The summed E-state index contributed by atoms with van der Waals surface area (Å²) in [7, 11) is -2.27. The normalized spacial score (nSPS) is 10.8. The second-order valence-electron chi connectivity index (χ2n) is 6.92. The fourth-order valence-electron chi connectivity index (χ4n) is 2.85. The summed E-state index contributed by atoms with van der Waals surface area (Å²) in [5.74, 6) is 0.130. The Bertz CT molecular complexity index is 1190. The first-order valence-electron chi connectivity index (χ1n) is 9.68. The highest BCUT2D eigenvalue weighted by Gasteiger charge is 2.15. The van der Waals surface area contributed by atoms with Crippen LogP contribution in [0.4, 0.5) is 11.4 Å². The molecule has 0 unspecified atom stereocenters. The third kappa shape index (κ3) is 6.08. The fraction of sp³-hybridized carbons (Fsp3) is 0.130. The SMILES string of the molecule is COc1ccc(NS(=O)(=O)c2ccc(C(=O)NCc3ccc(NC(C)=O)cc3)cc2)cc1. The Labute approximate surface area is 186 Å². The van der Waals surface area contributed by atoms with Crippen molar-refractivity contribution in [3.05, 3.63) is 83.9 Å².